The number of carbonyl (C=O) groups excluding carboxylic acids is 1. The smallest absolute Gasteiger partial charge is 0.248 e. The van der Waals surface area contributed by atoms with Gasteiger partial charge in [0.25, 0.3) is 0 Å². The molecule has 0 bridgehead atoms. The Morgan fingerprint density at radius 1 is 1.23 bits per heavy atom. The van der Waals surface area contributed by atoms with Gasteiger partial charge in [0, 0.05) is 6.08 Å². The molecule has 1 aliphatic rings. The zero-order chi connectivity index (χ0) is 21.5. The van der Waals surface area contributed by atoms with Crippen LogP contribution < -0.4 is 14.8 Å². The van der Waals surface area contributed by atoms with Gasteiger partial charge in [-0.05, 0) is 42.2 Å². The molecule has 0 fully saturated rings. The number of benzene rings is 2. The first-order chi connectivity index (χ1) is 15.2. The summed E-state index contributed by atoms with van der Waals surface area (Å²) in [6.07, 6.45) is 7.41. The number of nitrogens with zero attached hydrogens (tertiary/aromatic N) is 3. The standard InChI is InChI=1S/C23H25N5O3/c1-2-3-4-8-16-9-5-6-10-17(16)13-14-21(29)24-18-11-7-12-19-22(18)31-20(15-30-19)23-25-27-28-26-23/h5-7,9-14,20H,2-4,8,15H2,1H3,(H,24,29)(H,25,26,27,28)/b14-13+. The summed E-state index contributed by atoms with van der Waals surface area (Å²) in [5, 5.41) is 16.7. The Morgan fingerprint density at radius 3 is 2.97 bits per heavy atom. The van der Waals surface area contributed by atoms with Gasteiger partial charge >= 0.3 is 0 Å². The Morgan fingerprint density at radius 2 is 2.13 bits per heavy atom. The monoisotopic (exact) mass is 419 g/mol. The predicted octanol–water partition coefficient (Wildman–Crippen LogP) is 4.10. The number of hydrogen-bond acceptors (Lipinski definition) is 6. The molecule has 31 heavy (non-hydrogen) atoms. The summed E-state index contributed by atoms with van der Waals surface area (Å²) in [7, 11) is 0. The maximum Gasteiger partial charge on any atom is 0.248 e. The molecule has 160 valence electrons. The van der Waals surface area contributed by atoms with Crippen LogP contribution in [0.3, 0.4) is 0 Å². The molecule has 0 spiro atoms. The van der Waals surface area contributed by atoms with Crippen molar-refractivity contribution in [2.24, 2.45) is 0 Å². The number of amides is 1. The van der Waals surface area contributed by atoms with Crippen molar-refractivity contribution >= 4 is 17.7 Å². The Kier molecular flexibility index (Phi) is 6.56. The minimum atomic E-state index is -0.505. The molecule has 1 unspecified atom stereocenters. The molecule has 1 atom stereocenters. The molecule has 2 aromatic carbocycles. The Bertz CT molecular complexity index is 1050. The van der Waals surface area contributed by atoms with Crippen LogP contribution in [0.2, 0.25) is 0 Å². The molecule has 1 aromatic heterocycles. The van der Waals surface area contributed by atoms with E-state index in [0.717, 1.165) is 18.4 Å². The van der Waals surface area contributed by atoms with E-state index in [4.69, 9.17) is 9.47 Å². The third kappa shape index (κ3) is 5.09. The minimum absolute atomic E-state index is 0.248. The van der Waals surface area contributed by atoms with E-state index < -0.39 is 6.10 Å². The number of tetrazole rings is 1. The largest absolute Gasteiger partial charge is 0.485 e. The van der Waals surface area contributed by atoms with Crippen molar-refractivity contribution in [3.63, 3.8) is 0 Å². The number of anilines is 1. The second-order valence-electron chi connectivity index (χ2n) is 7.30. The van der Waals surface area contributed by atoms with Crippen LogP contribution in [0.25, 0.3) is 6.08 Å². The second-order valence-corrected chi connectivity index (χ2v) is 7.30. The molecule has 4 rings (SSSR count). The van der Waals surface area contributed by atoms with Crippen LogP contribution in [0.15, 0.2) is 48.5 Å². The van der Waals surface area contributed by atoms with Crippen molar-refractivity contribution in [3.05, 3.63) is 65.5 Å². The van der Waals surface area contributed by atoms with Gasteiger partial charge in [0.05, 0.1) is 5.69 Å². The van der Waals surface area contributed by atoms with Gasteiger partial charge in [-0.3, -0.25) is 4.79 Å². The number of fused-ring (bicyclic) bond motifs is 1. The van der Waals surface area contributed by atoms with Crippen LogP contribution in [0.5, 0.6) is 11.5 Å². The fourth-order valence-corrected chi connectivity index (χ4v) is 3.45. The highest BCUT2D eigenvalue weighted by Crippen LogP contribution is 2.41. The Labute approximate surface area is 180 Å². The lowest BCUT2D eigenvalue weighted by molar-refractivity contribution is -0.111. The molecule has 2 heterocycles. The number of aromatic nitrogens is 4. The van der Waals surface area contributed by atoms with Gasteiger partial charge in [-0.25, -0.2) is 0 Å². The summed E-state index contributed by atoms with van der Waals surface area (Å²) >= 11 is 0. The van der Waals surface area contributed by atoms with Crippen molar-refractivity contribution < 1.29 is 14.3 Å². The molecule has 0 saturated heterocycles. The number of nitrogens with one attached hydrogen (secondary N) is 2. The highest BCUT2D eigenvalue weighted by atomic mass is 16.6. The first kappa shape index (κ1) is 20.6. The van der Waals surface area contributed by atoms with Crippen LogP contribution in [0.4, 0.5) is 5.69 Å². The Hall–Kier alpha value is -3.68. The minimum Gasteiger partial charge on any atom is -0.485 e. The molecule has 0 radical (unpaired) electrons. The van der Waals surface area contributed by atoms with Crippen molar-refractivity contribution in [1.29, 1.82) is 0 Å². The maximum atomic E-state index is 12.6. The van der Waals surface area contributed by atoms with E-state index in [9.17, 15) is 4.79 Å². The van der Waals surface area contributed by atoms with Gasteiger partial charge in [-0.15, -0.1) is 10.2 Å². The molecule has 8 nitrogen and oxygen atoms in total. The average molecular weight is 419 g/mol. The second kappa shape index (κ2) is 9.88. The van der Waals surface area contributed by atoms with Crippen LogP contribution in [0.1, 0.15) is 49.2 Å². The van der Waals surface area contributed by atoms with Gasteiger partial charge in [-0.1, -0.05) is 55.3 Å². The summed E-state index contributed by atoms with van der Waals surface area (Å²) in [6, 6.07) is 13.5. The fourth-order valence-electron chi connectivity index (χ4n) is 3.45. The van der Waals surface area contributed by atoms with E-state index in [2.05, 4.69) is 38.9 Å². The summed E-state index contributed by atoms with van der Waals surface area (Å²) in [6.45, 7) is 2.45. The quantitative estimate of drug-likeness (QED) is 0.421. The van der Waals surface area contributed by atoms with Gasteiger partial charge in [-0.2, -0.15) is 5.21 Å². The lowest BCUT2D eigenvalue weighted by Gasteiger charge is -2.26. The zero-order valence-electron chi connectivity index (χ0n) is 17.4. The van der Waals surface area contributed by atoms with Crippen LogP contribution in [0, 0.1) is 0 Å². The number of H-pyrrole nitrogens is 1. The van der Waals surface area contributed by atoms with E-state index in [-0.39, 0.29) is 12.5 Å². The van der Waals surface area contributed by atoms with E-state index in [1.54, 1.807) is 24.3 Å². The van der Waals surface area contributed by atoms with Crippen molar-refractivity contribution in [3.8, 4) is 11.5 Å². The summed E-state index contributed by atoms with van der Waals surface area (Å²) < 4.78 is 11.8. The molecule has 0 saturated carbocycles. The van der Waals surface area contributed by atoms with Crippen molar-refractivity contribution in [1.82, 2.24) is 20.6 Å². The number of aromatic amines is 1. The van der Waals surface area contributed by atoms with Gasteiger partial charge in [0.1, 0.15) is 6.61 Å². The molecule has 8 heteroatoms. The van der Waals surface area contributed by atoms with E-state index in [1.807, 2.05) is 24.3 Å². The highest BCUT2D eigenvalue weighted by molar-refractivity contribution is 6.03. The third-order valence-electron chi connectivity index (χ3n) is 5.06. The van der Waals surface area contributed by atoms with Crippen LogP contribution in [-0.2, 0) is 11.2 Å². The summed E-state index contributed by atoms with van der Waals surface area (Å²) in [4.78, 5) is 12.6. The molecular formula is C23H25N5O3. The third-order valence-corrected chi connectivity index (χ3v) is 5.06. The predicted molar refractivity (Wildman–Crippen MR) is 117 cm³/mol. The fraction of sp³-hybridized carbons (Fsp3) is 0.304. The van der Waals surface area contributed by atoms with Crippen molar-refractivity contribution in [2.45, 2.75) is 38.7 Å². The number of para-hydroxylation sites is 1. The summed E-state index contributed by atoms with van der Waals surface area (Å²) in [5.41, 5.74) is 2.83. The topological polar surface area (TPSA) is 102 Å². The molecule has 2 N–H and O–H groups in total. The number of hydrogen-bond donors (Lipinski definition) is 2. The molecular weight excluding hydrogens is 394 g/mol. The summed E-state index contributed by atoms with van der Waals surface area (Å²) in [5.74, 6) is 1.15. The lowest BCUT2D eigenvalue weighted by Crippen LogP contribution is -2.24. The van der Waals surface area contributed by atoms with E-state index in [0.29, 0.717) is 23.0 Å². The maximum absolute atomic E-state index is 12.6. The van der Waals surface area contributed by atoms with Gasteiger partial charge < -0.3 is 14.8 Å². The lowest BCUT2D eigenvalue weighted by atomic mass is 10.0. The number of unbranched alkanes of at least 4 members (excludes halogenated alkanes) is 2. The molecule has 3 aromatic rings. The zero-order valence-corrected chi connectivity index (χ0v) is 17.4. The van der Waals surface area contributed by atoms with Gasteiger partial charge in [0.15, 0.2) is 17.6 Å². The van der Waals surface area contributed by atoms with Crippen LogP contribution in [-0.4, -0.2) is 33.1 Å². The molecule has 1 aliphatic heterocycles. The number of ether oxygens (including phenoxy) is 2. The Balaban J connectivity index is 1.46. The average Bonchev–Trinajstić information content (AvgIpc) is 3.34. The number of rotatable bonds is 8. The van der Waals surface area contributed by atoms with Crippen LogP contribution >= 0.6 is 0 Å². The van der Waals surface area contributed by atoms with Crippen molar-refractivity contribution in [2.75, 3.05) is 11.9 Å². The van der Waals surface area contributed by atoms with E-state index in [1.165, 1.54) is 18.4 Å². The highest BCUT2D eigenvalue weighted by Gasteiger charge is 2.28. The molecule has 1 amide bonds. The number of carbonyl (C=O) groups is 1. The SMILES string of the molecule is CCCCCc1ccccc1/C=C/C(=O)Nc1cccc2c1OC(c1nn[nH]n1)CO2. The van der Waals surface area contributed by atoms with E-state index >= 15 is 0 Å². The normalized spacial score (nSPS) is 15.2. The molecule has 0 aliphatic carbocycles. The first-order valence-electron chi connectivity index (χ1n) is 10.5. The number of aryl methyl sites for hydroxylation is 1. The van der Waals surface area contributed by atoms with Gasteiger partial charge in [0.2, 0.25) is 11.7 Å². The first-order valence-corrected chi connectivity index (χ1v) is 10.5.